The van der Waals surface area contributed by atoms with E-state index in [1.165, 1.54) is 12.8 Å². The minimum absolute atomic E-state index is 0.553. The lowest BCUT2D eigenvalue weighted by Gasteiger charge is -2.19. The first-order valence-electron chi connectivity index (χ1n) is 5.48. The third-order valence-electron chi connectivity index (χ3n) is 2.95. The van der Waals surface area contributed by atoms with Crippen molar-refractivity contribution in [3.05, 3.63) is 11.4 Å². The van der Waals surface area contributed by atoms with E-state index in [1.54, 1.807) is 0 Å². The van der Waals surface area contributed by atoms with Crippen LogP contribution in [0.4, 0.5) is 11.6 Å². The molecule has 0 aromatic carbocycles. The topological polar surface area (TPSA) is 55.0 Å². The largest absolute Gasteiger partial charge is 0.383 e. The van der Waals surface area contributed by atoms with Crippen molar-refractivity contribution in [3.8, 4) is 0 Å². The van der Waals surface area contributed by atoms with Crippen LogP contribution in [0.5, 0.6) is 0 Å². The van der Waals surface area contributed by atoms with Gasteiger partial charge in [-0.3, -0.25) is 0 Å². The van der Waals surface area contributed by atoms with Gasteiger partial charge in [0.25, 0.3) is 0 Å². The molecule has 1 aromatic heterocycles. The summed E-state index contributed by atoms with van der Waals surface area (Å²) < 4.78 is 0. The van der Waals surface area contributed by atoms with E-state index >= 15 is 0 Å². The molecule has 15 heavy (non-hydrogen) atoms. The summed E-state index contributed by atoms with van der Waals surface area (Å²) in [6, 6.07) is 0. The summed E-state index contributed by atoms with van der Waals surface area (Å²) in [5, 5.41) is 0. The third kappa shape index (κ3) is 1.89. The Morgan fingerprint density at radius 3 is 2.60 bits per heavy atom. The molecule has 0 aliphatic heterocycles. The lowest BCUT2D eigenvalue weighted by atomic mass is 10.2. The minimum atomic E-state index is 0.553. The Balaban J connectivity index is 2.42. The molecule has 1 aliphatic carbocycles. The minimum Gasteiger partial charge on any atom is -0.383 e. The first kappa shape index (κ1) is 10.2. The fourth-order valence-corrected chi connectivity index (χ4v) is 1.58. The van der Waals surface area contributed by atoms with Crippen LogP contribution in [-0.4, -0.2) is 23.6 Å². The van der Waals surface area contributed by atoms with Crippen LogP contribution in [0, 0.1) is 6.92 Å². The van der Waals surface area contributed by atoms with Gasteiger partial charge >= 0.3 is 0 Å². The Hall–Kier alpha value is -1.32. The van der Waals surface area contributed by atoms with Gasteiger partial charge in [0, 0.05) is 25.1 Å². The number of hydrogen-bond donors (Lipinski definition) is 1. The van der Waals surface area contributed by atoms with Gasteiger partial charge in [-0.2, -0.15) is 0 Å². The molecule has 1 heterocycles. The van der Waals surface area contributed by atoms with Crippen molar-refractivity contribution < 1.29 is 0 Å². The Morgan fingerprint density at radius 2 is 2.07 bits per heavy atom. The highest BCUT2D eigenvalue weighted by Gasteiger charge is 2.28. The van der Waals surface area contributed by atoms with Crippen LogP contribution in [0.15, 0.2) is 0 Å². The molecule has 0 saturated heterocycles. The lowest BCUT2D eigenvalue weighted by molar-refractivity contribution is 0.868. The fraction of sp³-hybridized carbons (Fsp3) is 0.636. The van der Waals surface area contributed by atoms with Crippen molar-refractivity contribution in [2.24, 2.45) is 0 Å². The second kappa shape index (κ2) is 3.68. The van der Waals surface area contributed by atoms with E-state index in [4.69, 9.17) is 5.73 Å². The SMILES string of the molecule is CCN(C)c1nc(C2CC2)nc(N)c1C. The van der Waals surface area contributed by atoms with E-state index < -0.39 is 0 Å². The number of rotatable bonds is 3. The van der Waals surface area contributed by atoms with Gasteiger partial charge in [-0.05, 0) is 26.7 Å². The molecule has 82 valence electrons. The summed E-state index contributed by atoms with van der Waals surface area (Å²) in [6.45, 7) is 5.02. The summed E-state index contributed by atoms with van der Waals surface area (Å²) in [6.07, 6.45) is 2.41. The van der Waals surface area contributed by atoms with E-state index in [0.717, 1.165) is 23.8 Å². The van der Waals surface area contributed by atoms with Crippen molar-refractivity contribution in [1.29, 1.82) is 0 Å². The zero-order valence-electron chi connectivity index (χ0n) is 9.62. The molecule has 1 aromatic rings. The molecule has 0 amide bonds. The third-order valence-corrected chi connectivity index (χ3v) is 2.95. The zero-order valence-corrected chi connectivity index (χ0v) is 9.62. The molecule has 1 saturated carbocycles. The van der Waals surface area contributed by atoms with Crippen molar-refractivity contribution in [3.63, 3.8) is 0 Å². The molecule has 0 atom stereocenters. The smallest absolute Gasteiger partial charge is 0.137 e. The summed E-state index contributed by atoms with van der Waals surface area (Å²) in [5.74, 6) is 3.08. The molecule has 4 nitrogen and oxygen atoms in total. The maximum absolute atomic E-state index is 5.90. The van der Waals surface area contributed by atoms with E-state index in [1.807, 2.05) is 14.0 Å². The van der Waals surface area contributed by atoms with E-state index in [0.29, 0.717) is 11.7 Å². The Labute approximate surface area is 90.5 Å². The summed E-state index contributed by atoms with van der Waals surface area (Å²) in [7, 11) is 2.03. The molecule has 0 spiro atoms. The molecule has 1 aliphatic rings. The Bertz CT molecular complexity index is 371. The number of aromatic nitrogens is 2. The van der Waals surface area contributed by atoms with Gasteiger partial charge in [-0.15, -0.1) is 0 Å². The van der Waals surface area contributed by atoms with Crippen molar-refractivity contribution in [2.45, 2.75) is 32.6 Å². The second-order valence-electron chi connectivity index (χ2n) is 4.20. The second-order valence-corrected chi connectivity index (χ2v) is 4.20. The van der Waals surface area contributed by atoms with Gasteiger partial charge in [-0.25, -0.2) is 9.97 Å². The Kier molecular flexibility index (Phi) is 2.50. The summed E-state index contributed by atoms with van der Waals surface area (Å²) in [4.78, 5) is 11.1. The molecule has 2 N–H and O–H groups in total. The highest BCUT2D eigenvalue weighted by atomic mass is 15.2. The highest BCUT2D eigenvalue weighted by molar-refractivity contribution is 5.56. The first-order valence-corrected chi connectivity index (χ1v) is 5.48. The summed E-state index contributed by atoms with van der Waals surface area (Å²) >= 11 is 0. The fourth-order valence-electron chi connectivity index (χ4n) is 1.58. The van der Waals surface area contributed by atoms with Crippen LogP contribution in [-0.2, 0) is 0 Å². The molecule has 2 rings (SSSR count). The van der Waals surface area contributed by atoms with Crippen LogP contribution < -0.4 is 10.6 Å². The maximum atomic E-state index is 5.90. The molecule has 0 radical (unpaired) electrons. The van der Waals surface area contributed by atoms with E-state index in [2.05, 4.69) is 21.8 Å². The molecule has 4 heteroatoms. The molecule has 0 bridgehead atoms. The van der Waals surface area contributed by atoms with Gasteiger partial charge in [0.05, 0.1) is 0 Å². The van der Waals surface area contributed by atoms with Crippen molar-refractivity contribution in [2.75, 3.05) is 24.2 Å². The average Bonchev–Trinajstić information content (AvgIpc) is 3.04. The zero-order chi connectivity index (χ0) is 11.0. The Morgan fingerprint density at radius 1 is 1.40 bits per heavy atom. The number of nitrogens with zero attached hydrogens (tertiary/aromatic N) is 3. The first-order chi connectivity index (χ1) is 7.13. The van der Waals surface area contributed by atoms with E-state index in [9.17, 15) is 0 Å². The normalized spacial score (nSPS) is 15.4. The number of hydrogen-bond acceptors (Lipinski definition) is 4. The molecular formula is C11H18N4. The number of nitrogens with two attached hydrogens (primary N) is 1. The summed E-state index contributed by atoms with van der Waals surface area (Å²) in [5.41, 5.74) is 6.89. The average molecular weight is 206 g/mol. The highest BCUT2D eigenvalue weighted by Crippen LogP contribution is 2.39. The number of nitrogen functional groups attached to an aromatic ring is 1. The molecule has 1 fully saturated rings. The van der Waals surface area contributed by atoms with Gasteiger partial charge in [0.15, 0.2) is 0 Å². The van der Waals surface area contributed by atoms with Crippen LogP contribution in [0.3, 0.4) is 0 Å². The van der Waals surface area contributed by atoms with Gasteiger partial charge in [0.2, 0.25) is 0 Å². The monoisotopic (exact) mass is 206 g/mol. The van der Waals surface area contributed by atoms with E-state index in [-0.39, 0.29) is 0 Å². The van der Waals surface area contributed by atoms with Crippen molar-refractivity contribution >= 4 is 11.6 Å². The number of anilines is 2. The molecule has 0 unspecified atom stereocenters. The van der Waals surface area contributed by atoms with Gasteiger partial charge in [-0.1, -0.05) is 0 Å². The van der Waals surface area contributed by atoms with Crippen LogP contribution >= 0.6 is 0 Å². The van der Waals surface area contributed by atoms with Gasteiger partial charge in [0.1, 0.15) is 17.5 Å². The van der Waals surface area contributed by atoms with Crippen LogP contribution in [0.25, 0.3) is 0 Å². The van der Waals surface area contributed by atoms with Crippen LogP contribution in [0.1, 0.15) is 37.1 Å². The van der Waals surface area contributed by atoms with Crippen LogP contribution in [0.2, 0.25) is 0 Å². The predicted molar refractivity (Wildman–Crippen MR) is 62.1 cm³/mol. The standard InChI is InChI=1S/C11H18N4/c1-4-15(3)11-7(2)9(12)13-10(14-11)8-5-6-8/h8H,4-6H2,1-3H3,(H2,12,13,14). The quantitative estimate of drug-likeness (QED) is 0.817. The predicted octanol–water partition coefficient (Wildman–Crippen LogP) is 1.70. The maximum Gasteiger partial charge on any atom is 0.137 e. The lowest BCUT2D eigenvalue weighted by Crippen LogP contribution is -2.20. The van der Waals surface area contributed by atoms with Crippen molar-refractivity contribution in [1.82, 2.24) is 9.97 Å². The van der Waals surface area contributed by atoms with Gasteiger partial charge < -0.3 is 10.6 Å². The molecular weight excluding hydrogens is 188 g/mol.